The minimum Gasteiger partial charge on any atom is -0.349 e. The Kier molecular flexibility index (Phi) is 7.81. The number of nitrogens with zero attached hydrogens (tertiary/aromatic N) is 3. The van der Waals surface area contributed by atoms with Gasteiger partial charge in [-0.05, 0) is 55.2 Å². The van der Waals surface area contributed by atoms with Gasteiger partial charge in [0, 0.05) is 12.4 Å². The molecule has 0 aliphatic carbocycles. The molecule has 0 spiro atoms. The molecule has 0 aliphatic heterocycles. The average Bonchev–Trinajstić information content (AvgIpc) is 2.82. The van der Waals surface area contributed by atoms with Crippen LogP contribution in [0.4, 0.5) is 5.69 Å². The van der Waals surface area contributed by atoms with Gasteiger partial charge in [-0.1, -0.05) is 50.6 Å². The fourth-order valence-electron chi connectivity index (χ4n) is 3.42. The molecule has 8 heteroatoms. The van der Waals surface area contributed by atoms with Gasteiger partial charge >= 0.3 is 0 Å². The first-order valence-corrected chi connectivity index (χ1v) is 12.4. The smallest absolute Gasteiger partial charge is 0.282 e. The highest BCUT2D eigenvalue weighted by atomic mass is 32.2. The Morgan fingerprint density at radius 3 is 2.30 bits per heavy atom. The molecule has 0 aliphatic rings. The predicted molar refractivity (Wildman–Crippen MR) is 129 cm³/mol. The number of hydrogen-bond donors (Lipinski definition) is 1. The summed E-state index contributed by atoms with van der Waals surface area (Å²) in [6, 6.07) is 14.8. The molecule has 7 nitrogen and oxygen atoms in total. The third-order valence-electron chi connectivity index (χ3n) is 5.38. The SMILES string of the molecule is CCC(C(=O)NCc1ccccn1)N(c1ccc(C)cc1)S(=O)(=O)c1ccc(C(C)C)cn1. The van der Waals surface area contributed by atoms with Crippen molar-refractivity contribution >= 4 is 21.6 Å². The third-order valence-corrected chi connectivity index (χ3v) is 7.13. The zero-order valence-corrected chi connectivity index (χ0v) is 20.2. The van der Waals surface area contributed by atoms with Gasteiger partial charge in [0.2, 0.25) is 5.91 Å². The number of nitrogens with one attached hydrogen (secondary N) is 1. The largest absolute Gasteiger partial charge is 0.349 e. The van der Waals surface area contributed by atoms with Crippen molar-refractivity contribution in [3.05, 3.63) is 83.8 Å². The maximum atomic E-state index is 13.7. The molecule has 1 aromatic carbocycles. The van der Waals surface area contributed by atoms with E-state index in [1.165, 1.54) is 10.4 Å². The Morgan fingerprint density at radius 1 is 1.03 bits per heavy atom. The lowest BCUT2D eigenvalue weighted by Gasteiger charge is -2.31. The van der Waals surface area contributed by atoms with E-state index in [-0.39, 0.29) is 23.9 Å². The van der Waals surface area contributed by atoms with Crippen LogP contribution in [0.2, 0.25) is 0 Å². The Morgan fingerprint density at radius 2 is 1.76 bits per heavy atom. The lowest BCUT2D eigenvalue weighted by atomic mass is 10.1. The molecule has 1 unspecified atom stereocenters. The second kappa shape index (κ2) is 10.6. The van der Waals surface area contributed by atoms with Gasteiger partial charge < -0.3 is 5.32 Å². The van der Waals surface area contributed by atoms with E-state index >= 15 is 0 Å². The van der Waals surface area contributed by atoms with Gasteiger partial charge in [0.1, 0.15) is 6.04 Å². The van der Waals surface area contributed by atoms with Gasteiger partial charge in [0.25, 0.3) is 10.0 Å². The topological polar surface area (TPSA) is 92.3 Å². The minimum atomic E-state index is -4.10. The summed E-state index contributed by atoms with van der Waals surface area (Å²) in [5, 5.41) is 2.74. The van der Waals surface area contributed by atoms with Gasteiger partial charge in [-0.2, -0.15) is 8.42 Å². The molecule has 2 heterocycles. The van der Waals surface area contributed by atoms with E-state index in [1.54, 1.807) is 49.6 Å². The quantitative estimate of drug-likeness (QED) is 0.510. The number of benzene rings is 1. The summed E-state index contributed by atoms with van der Waals surface area (Å²) < 4.78 is 28.7. The van der Waals surface area contributed by atoms with Gasteiger partial charge in [0.05, 0.1) is 17.9 Å². The van der Waals surface area contributed by atoms with Crippen molar-refractivity contribution in [1.82, 2.24) is 15.3 Å². The summed E-state index contributed by atoms with van der Waals surface area (Å²) in [4.78, 5) is 21.6. The molecule has 0 radical (unpaired) electrons. The van der Waals surface area contributed by atoms with Crippen LogP contribution in [-0.2, 0) is 21.4 Å². The summed E-state index contributed by atoms with van der Waals surface area (Å²) in [6.07, 6.45) is 3.51. The number of aromatic nitrogens is 2. The van der Waals surface area contributed by atoms with Crippen LogP contribution >= 0.6 is 0 Å². The molecule has 2 aromatic heterocycles. The Labute approximate surface area is 196 Å². The molecule has 1 N–H and O–H groups in total. The standard InChI is InChI=1S/C25H30N4O3S/c1-5-23(25(30)28-17-21-8-6-7-15-26-21)29(22-12-9-19(4)10-13-22)33(31,32)24-14-11-20(16-27-24)18(2)3/h6-16,18,23H,5,17H2,1-4H3,(H,28,30). The molecule has 0 bridgehead atoms. The van der Waals surface area contributed by atoms with Crippen LogP contribution < -0.4 is 9.62 Å². The Bertz CT molecular complexity index is 1160. The van der Waals surface area contributed by atoms with Crippen LogP contribution in [0.25, 0.3) is 0 Å². The first-order chi connectivity index (χ1) is 15.7. The van der Waals surface area contributed by atoms with Gasteiger partial charge in [-0.25, -0.2) is 4.98 Å². The maximum absolute atomic E-state index is 13.7. The van der Waals surface area contributed by atoms with Crippen LogP contribution in [0.3, 0.4) is 0 Å². The molecule has 1 amide bonds. The van der Waals surface area contributed by atoms with Gasteiger partial charge in [0.15, 0.2) is 5.03 Å². The number of rotatable bonds is 9. The van der Waals surface area contributed by atoms with Crippen molar-refractivity contribution in [1.29, 1.82) is 0 Å². The zero-order valence-electron chi connectivity index (χ0n) is 19.4. The molecule has 0 saturated carbocycles. The van der Waals surface area contributed by atoms with Crippen LogP contribution in [0.1, 0.15) is 49.9 Å². The van der Waals surface area contributed by atoms with Crippen molar-refractivity contribution in [3.63, 3.8) is 0 Å². The zero-order chi connectivity index (χ0) is 24.0. The lowest BCUT2D eigenvalue weighted by Crippen LogP contribution is -2.49. The second-order valence-electron chi connectivity index (χ2n) is 8.18. The number of pyridine rings is 2. The van der Waals surface area contributed by atoms with E-state index in [4.69, 9.17) is 0 Å². The number of carbonyl (C=O) groups is 1. The lowest BCUT2D eigenvalue weighted by molar-refractivity contribution is -0.122. The van der Waals surface area contributed by atoms with E-state index < -0.39 is 22.0 Å². The predicted octanol–water partition coefficient (Wildman–Crippen LogP) is 4.20. The highest BCUT2D eigenvalue weighted by molar-refractivity contribution is 7.92. The van der Waals surface area contributed by atoms with Crippen molar-refractivity contribution in [3.8, 4) is 0 Å². The molecule has 174 valence electrons. The second-order valence-corrected chi connectivity index (χ2v) is 9.95. The van der Waals surface area contributed by atoms with E-state index in [9.17, 15) is 13.2 Å². The first-order valence-electron chi connectivity index (χ1n) is 11.0. The van der Waals surface area contributed by atoms with E-state index in [1.807, 2.05) is 39.0 Å². The van der Waals surface area contributed by atoms with Crippen molar-refractivity contribution in [2.24, 2.45) is 0 Å². The van der Waals surface area contributed by atoms with E-state index in [0.29, 0.717) is 11.4 Å². The first kappa shape index (κ1) is 24.4. The fraction of sp³-hybridized carbons (Fsp3) is 0.320. The number of sulfonamides is 1. The fourth-order valence-corrected chi connectivity index (χ4v) is 5.03. The normalized spacial score (nSPS) is 12.4. The molecular weight excluding hydrogens is 436 g/mol. The van der Waals surface area contributed by atoms with Gasteiger partial charge in [-0.3, -0.25) is 14.1 Å². The van der Waals surface area contributed by atoms with Crippen LogP contribution in [0, 0.1) is 6.92 Å². The van der Waals surface area contributed by atoms with E-state index in [2.05, 4.69) is 15.3 Å². The van der Waals surface area contributed by atoms with Crippen LogP contribution in [0.5, 0.6) is 0 Å². The molecule has 0 saturated heterocycles. The summed E-state index contributed by atoms with van der Waals surface area (Å²) in [6.45, 7) is 7.95. The molecule has 33 heavy (non-hydrogen) atoms. The summed E-state index contributed by atoms with van der Waals surface area (Å²) in [7, 11) is -4.10. The van der Waals surface area contributed by atoms with E-state index in [0.717, 1.165) is 11.1 Å². The van der Waals surface area contributed by atoms with Crippen molar-refractivity contribution in [2.45, 2.75) is 57.6 Å². The minimum absolute atomic E-state index is 0.0940. The van der Waals surface area contributed by atoms with Crippen molar-refractivity contribution in [2.75, 3.05) is 4.31 Å². The molecular formula is C25H30N4O3S. The number of amides is 1. The molecule has 3 rings (SSSR count). The highest BCUT2D eigenvalue weighted by Crippen LogP contribution is 2.28. The van der Waals surface area contributed by atoms with Crippen LogP contribution in [-0.4, -0.2) is 30.3 Å². The monoisotopic (exact) mass is 466 g/mol. The number of hydrogen-bond acceptors (Lipinski definition) is 5. The number of carbonyl (C=O) groups excluding carboxylic acids is 1. The highest BCUT2D eigenvalue weighted by Gasteiger charge is 2.36. The molecule has 1 atom stereocenters. The number of aryl methyl sites for hydroxylation is 1. The average molecular weight is 467 g/mol. The number of anilines is 1. The third kappa shape index (κ3) is 5.76. The summed E-state index contributed by atoms with van der Waals surface area (Å²) in [5.74, 6) is -0.172. The molecule has 3 aromatic rings. The summed E-state index contributed by atoms with van der Waals surface area (Å²) >= 11 is 0. The Balaban J connectivity index is 1.98. The maximum Gasteiger partial charge on any atom is 0.282 e. The van der Waals surface area contributed by atoms with Crippen LogP contribution in [0.15, 0.2) is 72.0 Å². The van der Waals surface area contributed by atoms with Crippen molar-refractivity contribution < 1.29 is 13.2 Å². The van der Waals surface area contributed by atoms with Gasteiger partial charge in [-0.15, -0.1) is 0 Å². The Hall–Kier alpha value is -3.26. The summed E-state index contributed by atoms with van der Waals surface area (Å²) in [5.41, 5.74) is 3.03. The molecule has 0 fully saturated rings.